The topological polar surface area (TPSA) is 99.4 Å². The Labute approximate surface area is 157 Å². The molecule has 0 aliphatic heterocycles. The van der Waals surface area contributed by atoms with Crippen molar-refractivity contribution >= 4 is 23.2 Å². The molecule has 0 unspecified atom stereocenters. The standard InChI is InChI=1S/C20H20N4O3/c1-3-26-20(25)14-5-4-6-15(11-14)24-18-17(21)19(23-12-22-18)27-16-9-7-13(2)8-10-16/h4-12H,3,21H2,1-2H3,(H,22,23,24). The molecule has 2 aromatic carbocycles. The third kappa shape index (κ3) is 4.52. The fourth-order valence-corrected chi connectivity index (χ4v) is 2.35. The van der Waals surface area contributed by atoms with Gasteiger partial charge in [-0.05, 0) is 44.2 Å². The number of nitrogens with one attached hydrogen (secondary N) is 1. The minimum absolute atomic E-state index is 0.248. The van der Waals surface area contributed by atoms with Gasteiger partial charge >= 0.3 is 5.97 Å². The van der Waals surface area contributed by atoms with E-state index in [9.17, 15) is 4.79 Å². The van der Waals surface area contributed by atoms with Crippen LogP contribution in [0.25, 0.3) is 0 Å². The molecule has 138 valence electrons. The summed E-state index contributed by atoms with van der Waals surface area (Å²) in [6, 6.07) is 14.4. The van der Waals surface area contributed by atoms with Crippen LogP contribution in [0.1, 0.15) is 22.8 Å². The number of hydrogen-bond acceptors (Lipinski definition) is 7. The molecule has 0 bridgehead atoms. The molecule has 0 saturated heterocycles. The van der Waals surface area contributed by atoms with Crippen LogP contribution in [0.5, 0.6) is 11.6 Å². The molecule has 0 aliphatic rings. The summed E-state index contributed by atoms with van der Waals surface area (Å²) in [6.07, 6.45) is 1.36. The number of nitrogens with zero attached hydrogens (tertiary/aromatic N) is 2. The van der Waals surface area contributed by atoms with Crippen molar-refractivity contribution in [2.75, 3.05) is 17.7 Å². The quantitative estimate of drug-likeness (QED) is 0.636. The van der Waals surface area contributed by atoms with Gasteiger partial charge in [0.2, 0.25) is 5.88 Å². The van der Waals surface area contributed by atoms with Crippen LogP contribution in [-0.4, -0.2) is 22.5 Å². The molecule has 0 radical (unpaired) electrons. The van der Waals surface area contributed by atoms with Gasteiger partial charge in [0.25, 0.3) is 0 Å². The van der Waals surface area contributed by atoms with E-state index in [1.165, 1.54) is 6.33 Å². The molecule has 0 fully saturated rings. The summed E-state index contributed by atoms with van der Waals surface area (Å²) >= 11 is 0. The number of ether oxygens (including phenoxy) is 2. The molecule has 3 N–H and O–H groups in total. The predicted octanol–water partition coefficient (Wildman–Crippen LogP) is 4.08. The van der Waals surface area contributed by atoms with Gasteiger partial charge in [-0.15, -0.1) is 0 Å². The van der Waals surface area contributed by atoms with Crippen molar-refractivity contribution in [3.8, 4) is 11.6 Å². The second-order valence-electron chi connectivity index (χ2n) is 5.78. The fourth-order valence-electron chi connectivity index (χ4n) is 2.35. The van der Waals surface area contributed by atoms with E-state index in [-0.39, 0.29) is 17.5 Å². The molecule has 0 aliphatic carbocycles. The number of aryl methyl sites for hydroxylation is 1. The van der Waals surface area contributed by atoms with Gasteiger partial charge in [-0.25, -0.2) is 9.78 Å². The number of aromatic nitrogens is 2. The lowest BCUT2D eigenvalue weighted by atomic mass is 10.2. The number of carbonyl (C=O) groups is 1. The molecule has 7 nitrogen and oxygen atoms in total. The van der Waals surface area contributed by atoms with Crippen LogP contribution < -0.4 is 15.8 Å². The zero-order valence-corrected chi connectivity index (χ0v) is 15.1. The Morgan fingerprint density at radius 2 is 1.93 bits per heavy atom. The van der Waals surface area contributed by atoms with Crippen molar-refractivity contribution in [1.82, 2.24) is 9.97 Å². The Morgan fingerprint density at radius 3 is 2.67 bits per heavy atom. The highest BCUT2D eigenvalue weighted by Gasteiger charge is 2.12. The maximum atomic E-state index is 11.9. The van der Waals surface area contributed by atoms with E-state index in [2.05, 4.69) is 15.3 Å². The van der Waals surface area contributed by atoms with Crippen LogP contribution in [0.2, 0.25) is 0 Å². The third-order valence-electron chi connectivity index (χ3n) is 3.72. The van der Waals surface area contributed by atoms with Gasteiger partial charge in [0, 0.05) is 5.69 Å². The van der Waals surface area contributed by atoms with Crippen molar-refractivity contribution in [3.63, 3.8) is 0 Å². The minimum Gasteiger partial charge on any atom is -0.462 e. The first kappa shape index (κ1) is 18.2. The zero-order valence-electron chi connectivity index (χ0n) is 15.1. The predicted molar refractivity (Wildman–Crippen MR) is 103 cm³/mol. The second-order valence-corrected chi connectivity index (χ2v) is 5.78. The van der Waals surface area contributed by atoms with E-state index >= 15 is 0 Å². The van der Waals surface area contributed by atoms with Crippen LogP contribution in [0.3, 0.4) is 0 Å². The van der Waals surface area contributed by atoms with Crippen molar-refractivity contribution in [1.29, 1.82) is 0 Å². The van der Waals surface area contributed by atoms with Gasteiger partial charge in [0.15, 0.2) is 5.82 Å². The minimum atomic E-state index is -0.389. The Balaban J connectivity index is 1.81. The van der Waals surface area contributed by atoms with Gasteiger partial charge in [0.1, 0.15) is 17.8 Å². The maximum absolute atomic E-state index is 11.9. The lowest BCUT2D eigenvalue weighted by molar-refractivity contribution is 0.0526. The Morgan fingerprint density at radius 1 is 1.15 bits per heavy atom. The van der Waals surface area contributed by atoms with Crippen molar-refractivity contribution in [3.05, 3.63) is 66.0 Å². The summed E-state index contributed by atoms with van der Waals surface area (Å²) in [7, 11) is 0. The van der Waals surface area contributed by atoms with E-state index in [0.29, 0.717) is 29.4 Å². The summed E-state index contributed by atoms with van der Waals surface area (Å²) in [4.78, 5) is 20.1. The van der Waals surface area contributed by atoms with E-state index < -0.39 is 0 Å². The van der Waals surface area contributed by atoms with Crippen molar-refractivity contribution in [2.45, 2.75) is 13.8 Å². The molecule has 0 atom stereocenters. The van der Waals surface area contributed by atoms with Gasteiger partial charge in [-0.2, -0.15) is 4.98 Å². The number of nitrogen functional groups attached to an aromatic ring is 1. The van der Waals surface area contributed by atoms with E-state index in [4.69, 9.17) is 15.2 Å². The molecule has 7 heteroatoms. The average molecular weight is 364 g/mol. The molecular weight excluding hydrogens is 344 g/mol. The van der Waals surface area contributed by atoms with Crippen molar-refractivity contribution in [2.24, 2.45) is 0 Å². The zero-order chi connectivity index (χ0) is 19.2. The highest BCUT2D eigenvalue weighted by Crippen LogP contribution is 2.31. The molecule has 1 aromatic heterocycles. The van der Waals surface area contributed by atoms with Crippen LogP contribution in [0.4, 0.5) is 17.2 Å². The SMILES string of the molecule is CCOC(=O)c1cccc(Nc2ncnc(Oc3ccc(C)cc3)c2N)c1. The molecule has 0 saturated carbocycles. The van der Waals surface area contributed by atoms with Gasteiger partial charge in [0.05, 0.1) is 12.2 Å². The average Bonchev–Trinajstić information content (AvgIpc) is 2.67. The highest BCUT2D eigenvalue weighted by molar-refractivity contribution is 5.91. The lowest BCUT2D eigenvalue weighted by Gasteiger charge is -2.12. The van der Waals surface area contributed by atoms with Crippen molar-refractivity contribution < 1.29 is 14.3 Å². The summed E-state index contributed by atoms with van der Waals surface area (Å²) in [5.74, 6) is 0.868. The van der Waals surface area contributed by atoms with Gasteiger partial charge in [-0.1, -0.05) is 23.8 Å². The molecule has 0 spiro atoms. The molecule has 0 amide bonds. The largest absolute Gasteiger partial charge is 0.462 e. The number of hydrogen-bond donors (Lipinski definition) is 2. The molecular formula is C20H20N4O3. The second kappa shape index (κ2) is 8.18. The fraction of sp³-hybridized carbons (Fsp3) is 0.150. The number of anilines is 3. The first-order chi connectivity index (χ1) is 13.1. The van der Waals surface area contributed by atoms with Crippen LogP contribution in [-0.2, 0) is 4.74 Å². The van der Waals surface area contributed by atoms with Gasteiger partial charge in [-0.3, -0.25) is 0 Å². The summed E-state index contributed by atoms with van der Waals surface area (Å²) in [6.45, 7) is 4.07. The normalized spacial score (nSPS) is 10.3. The number of nitrogens with two attached hydrogens (primary N) is 1. The molecule has 3 rings (SSSR count). The first-order valence-electron chi connectivity index (χ1n) is 8.46. The molecule has 3 aromatic rings. The van der Waals surface area contributed by atoms with Crippen LogP contribution in [0, 0.1) is 6.92 Å². The highest BCUT2D eigenvalue weighted by atomic mass is 16.5. The Bertz CT molecular complexity index is 942. The lowest BCUT2D eigenvalue weighted by Crippen LogP contribution is -2.06. The van der Waals surface area contributed by atoms with Crippen LogP contribution >= 0.6 is 0 Å². The number of esters is 1. The Kier molecular flexibility index (Phi) is 5.51. The summed E-state index contributed by atoms with van der Waals surface area (Å²) in [5.41, 5.74) is 8.62. The summed E-state index contributed by atoms with van der Waals surface area (Å²) in [5, 5.41) is 3.08. The third-order valence-corrected chi connectivity index (χ3v) is 3.72. The smallest absolute Gasteiger partial charge is 0.338 e. The van der Waals surface area contributed by atoms with E-state index in [1.807, 2.05) is 31.2 Å². The van der Waals surface area contributed by atoms with E-state index in [1.54, 1.807) is 31.2 Å². The number of rotatable bonds is 6. The van der Waals surface area contributed by atoms with E-state index in [0.717, 1.165) is 5.56 Å². The van der Waals surface area contributed by atoms with Gasteiger partial charge < -0.3 is 20.5 Å². The molecule has 1 heterocycles. The van der Waals surface area contributed by atoms with Crippen LogP contribution in [0.15, 0.2) is 54.9 Å². The maximum Gasteiger partial charge on any atom is 0.338 e. The number of benzene rings is 2. The number of carbonyl (C=O) groups excluding carboxylic acids is 1. The monoisotopic (exact) mass is 364 g/mol. The summed E-state index contributed by atoms with van der Waals surface area (Å²) < 4.78 is 10.8. The molecule has 27 heavy (non-hydrogen) atoms. The first-order valence-corrected chi connectivity index (χ1v) is 8.46. The Hall–Kier alpha value is -3.61.